The van der Waals surface area contributed by atoms with Crippen LogP contribution in [-0.4, -0.2) is 32.5 Å². The van der Waals surface area contributed by atoms with E-state index in [1.54, 1.807) is 6.92 Å². The summed E-state index contributed by atoms with van der Waals surface area (Å²) < 4.78 is 26.9. The molecule has 2 rings (SSSR count). The van der Waals surface area contributed by atoms with Crippen LogP contribution in [0.1, 0.15) is 43.5 Å². The van der Waals surface area contributed by atoms with E-state index >= 15 is 0 Å². The number of hydrogen-bond donors (Lipinski definition) is 2. The van der Waals surface area contributed by atoms with Crippen LogP contribution < -0.4 is 10.0 Å². The van der Waals surface area contributed by atoms with E-state index < -0.39 is 10.0 Å². The van der Waals surface area contributed by atoms with Crippen LogP contribution in [0.5, 0.6) is 0 Å². The van der Waals surface area contributed by atoms with Crippen molar-refractivity contribution in [1.82, 2.24) is 15.0 Å². The van der Waals surface area contributed by atoms with E-state index in [1.165, 1.54) is 56.1 Å². The first kappa shape index (κ1) is 15.9. The monoisotopic (exact) mass is 317 g/mol. The summed E-state index contributed by atoms with van der Waals surface area (Å²) >= 11 is 1.20. The Hall–Kier alpha value is -0.500. The Morgan fingerprint density at radius 3 is 2.55 bits per heavy atom. The van der Waals surface area contributed by atoms with Crippen LogP contribution in [0.15, 0.2) is 10.4 Å². The lowest BCUT2D eigenvalue weighted by Gasteiger charge is -2.16. The molecule has 1 aliphatic carbocycles. The second kappa shape index (κ2) is 7.49. The van der Waals surface area contributed by atoms with Gasteiger partial charge in [0, 0.05) is 19.1 Å². The summed E-state index contributed by atoms with van der Waals surface area (Å²) in [5.41, 5.74) is 0. The van der Waals surface area contributed by atoms with Gasteiger partial charge in [-0.05, 0) is 19.8 Å². The Labute approximate surface area is 125 Å². The van der Waals surface area contributed by atoms with Crippen molar-refractivity contribution in [3.8, 4) is 0 Å². The van der Waals surface area contributed by atoms with Crippen molar-refractivity contribution in [2.24, 2.45) is 0 Å². The van der Waals surface area contributed by atoms with Crippen molar-refractivity contribution in [3.63, 3.8) is 0 Å². The third kappa shape index (κ3) is 4.80. The van der Waals surface area contributed by atoms with Crippen molar-refractivity contribution in [2.75, 3.05) is 13.1 Å². The third-order valence-electron chi connectivity index (χ3n) is 3.57. The molecule has 1 heterocycles. The van der Waals surface area contributed by atoms with Gasteiger partial charge in [0.05, 0.1) is 11.2 Å². The molecule has 0 atom stereocenters. The van der Waals surface area contributed by atoms with Crippen LogP contribution in [0.4, 0.5) is 0 Å². The molecule has 5 nitrogen and oxygen atoms in total. The van der Waals surface area contributed by atoms with Crippen LogP contribution in [-0.2, 0) is 10.0 Å². The largest absolute Gasteiger partial charge is 0.313 e. The van der Waals surface area contributed by atoms with Gasteiger partial charge in [-0.3, -0.25) is 0 Å². The third-order valence-corrected chi connectivity index (χ3v) is 6.41. The molecule has 1 aromatic rings. The lowest BCUT2D eigenvalue weighted by Crippen LogP contribution is -2.36. The first-order chi connectivity index (χ1) is 9.58. The van der Waals surface area contributed by atoms with Gasteiger partial charge in [-0.15, -0.1) is 11.3 Å². The van der Waals surface area contributed by atoms with Crippen LogP contribution in [0, 0.1) is 6.92 Å². The van der Waals surface area contributed by atoms with E-state index in [1.807, 2.05) is 0 Å². The highest BCUT2D eigenvalue weighted by Crippen LogP contribution is 2.18. The molecule has 2 N–H and O–H groups in total. The van der Waals surface area contributed by atoms with Crippen LogP contribution in [0.2, 0.25) is 0 Å². The molecule has 0 aliphatic heterocycles. The zero-order valence-electron chi connectivity index (χ0n) is 11.9. The van der Waals surface area contributed by atoms with E-state index in [0.717, 1.165) is 5.01 Å². The molecule has 0 aromatic carbocycles. The standard InChI is InChI=1S/C13H23N3O2S2/c1-11-15-10-13(19-11)20(17,18)16-9-8-14-12-6-4-2-3-5-7-12/h10,12,14,16H,2-9H2,1H3. The predicted molar refractivity (Wildman–Crippen MR) is 81.5 cm³/mol. The fourth-order valence-electron chi connectivity index (χ4n) is 2.48. The summed E-state index contributed by atoms with van der Waals surface area (Å²) in [5.74, 6) is 0. The van der Waals surface area contributed by atoms with Crippen LogP contribution in [0.25, 0.3) is 0 Å². The van der Waals surface area contributed by atoms with E-state index in [4.69, 9.17) is 0 Å². The maximum atomic E-state index is 12.0. The van der Waals surface area contributed by atoms with Gasteiger partial charge in [0.25, 0.3) is 10.0 Å². The molecule has 1 saturated carbocycles. The number of nitrogens with one attached hydrogen (secondary N) is 2. The molecule has 20 heavy (non-hydrogen) atoms. The molecule has 0 amide bonds. The summed E-state index contributed by atoms with van der Waals surface area (Å²) in [4.78, 5) is 3.98. The highest BCUT2D eigenvalue weighted by atomic mass is 32.2. The minimum absolute atomic E-state index is 0.296. The Balaban J connectivity index is 1.72. The lowest BCUT2D eigenvalue weighted by molar-refractivity contribution is 0.461. The van der Waals surface area contributed by atoms with Gasteiger partial charge in [-0.2, -0.15) is 0 Å². The topological polar surface area (TPSA) is 71.1 Å². The second-order valence-corrected chi connectivity index (χ2v) is 8.47. The SMILES string of the molecule is Cc1ncc(S(=O)(=O)NCCNC2CCCCCC2)s1. The fourth-order valence-corrected chi connectivity index (χ4v) is 4.67. The Morgan fingerprint density at radius 2 is 1.95 bits per heavy atom. The quantitative estimate of drug-likeness (QED) is 0.622. The van der Waals surface area contributed by atoms with Crippen molar-refractivity contribution >= 4 is 21.4 Å². The minimum atomic E-state index is -3.38. The van der Waals surface area contributed by atoms with Gasteiger partial charge in [-0.25, -0.2) is 18.1 Å². The van der Waals surface area contributed by atoms with Crippen molar-refractivity contribution in [1.29, 1.82) is 0 Å². The molecule has 1 fully saturated rings. The first-order valence-electron chi connectivity index (χ1n) is 7.23. The Kier molecular flexibility index (Phi) is 5.95. The summed E-state index contributed by atoms with van der Waals surface area (Å²) in [7, 11) is -3.38. The molecule has 0 saturated heterocycles. The maximum absolute atomic E-state index is 12.0. The second-order valence-electron chi connectivity index (χ2n) is 5.24. The van der Waals surface area contributed by atoms with Gasteiger partial charge in [0.2, 0.25) is 0 Å². The Bertz CT molecular complexity index is 505. The molecular formula is C13H23N3O2S2. The normalized spacial score (nSPS) is 18.1. The number of aromatic nitrogens is 1. The highest BCUT2D eigenvalue weighted by molar-refractivity contribution is 7.91. The molecule has 7 heteroatoms. The minimum Gasteiger partial charge on any atom is -0.313 e. The molecule has 1 aliphatic rings. The van der Waals surface area contributed by atoms with Crippen LogP contribution in [0.3, 0.4) is 0 Å². The zero-order valence-corrected chi connectivity index (χ0v) is 13.5. The summed E-state index contributed by atoms with van der Waals surface area (Å²) in [5, 5.41) is 4.22. The smallest absolute Gasteiger partial charge is 0.251 e. The maximum Gasteiger partial charge on any atom is 0.251 e. The van der Waals surface area contributed by atoms with Crippen LogP contribution >= 0.6 is 11.3 Å². The average molecular weight is 317 g/mol. The van der Waals surface area contributed by atoms with Gasteiger partial charge in [0.1, 0.15) is 0 Å². The van der Waals surface area contributed by atoms with E-state index in [0.29, 0.717) is 23.3 Å². The predicted octanol–water partition coefficient (Wildman–Crippen LogP) is 2.04. The Morgan fingerprint density at radius 1 is 1.25 bits per heavy atom. The molecule has 0 radical (unpaired) electrons. The van der Waals surface area contributed by atoms with Gasteiger partial charge >= 0.3 is 0 Å². The number of thiazole rings is 1. The summed E-state index contributed by atoms with van der Waals surface area (Å²) in [6.45, 7) is 2.91. The zero-order chi connectivity index (χ0) is 14.4. The number of aryl methyl sites for hydroxylation is 1. The van der Waals surface area contributed by atoms with Gasteiger partial charge in [-0.1, -0.05) is 25.7 Å². The molecule has 0 spiro atoms. The van der Waals surface area contributed by atoms with E-state index in [9.17, 15) is 8.42 Å². The molecule has 1 aromatic heterocycles. The number of hydrogen-bond acceptors (Lipinski definition) is 5. The first-order valence-corrected chi connectivity index (χ1v) is 9.53. The highest BCUT2D eigenvalue weighted by Gasteiger charge is 2.17. The number of rotatable bonds is 6. The summed E-state index contributed by atoms with van der Waals surface area (Å²) in [6.07, 6.45) is 9.06. The van der Waals surface area contributed by atoms with Crippen molar-refractivity contribution < 1.29 is 8.42 Å². The lowest BCUT2D eigenvalue weighted by atomic mass is 10.1. The average Bonchev–Trinajstić information content (AvgIpc) is 2.70. The molecule has 114 valence electrons. The fraction of sp³-hybridized carbons (Fsp3) is 0.769. The molecule has 0 bridgehead atoms. The van der Waals surface area contributed by atoms with Gasteiger partial charge in [0.15, 0.2) is 4.21 Å². The number of nitrogens with zero attached hydrogens (tertiary/aromatic N) is 1. The molecule has 0 unspecified atom stereocenters. The summed E-state index contributed by atoms with van der Waals surface area (Å²) in [6, 6.07) is 0.549. The van der Waals surface area contributed by atoms with Gasteiger partial charge < -0.3 is 5.32 Å². The van der Waals surface area contributed by atoms with E-state index in [2.05, 4.69) is 15.0 Å². The van der Waals surface area contributed by atoms with Crippen molar-refractivity contribution in [3.05, 3.63) is 11.2 Å². The number of sulfonamides is 1. The van der Waals surface area contributed by atoms with E-state index in [-0.39, 0.29) is 0 Å². The molecular weight excluding hydrogens is 294 g/mol. The van der Waals surface area contributed by atoms with Crippen molar-refractivity contribution in [2.45, 2.75) is 55.7 Å².